The van der Waals surface area contributed by atoms with Gasteiger partial charge in [-0.05, 0) is 12.8 Å². The minimum atomic E-state index is -0.829. The standard InChI is InChI=1S/C10H17NO3/c1-11(2)9(12)7-5-3-4-6-8(7)10(13)14/h7-8H,3-6H2,1-2H3,(H,13,14)/t7-,8+/m0/s1. The number of hydrogen-bond donors (Lipinski definition) is 1. The first-order valence-electron chi connectivity index (χ1n) is 4.98. The lowest BCUT2D eigenvalue weighted by molar-refractivity contribution is -0.151. The van der Waals surface area contributed by atoms with Crippen molar-refractivity contribution in [2.24, 2.45) is 11.8 Å². The molecule has 0 saturated heterocycles. The van der Waals surface area contributed by atoms with E-state index in [1.807, 2.05) is 0 Å². The minimum Gasteiger partial charge on any atom is -0.481 e. The van der Waals surface area contributed by atoms with Crippen LogP contribution < -0.4 is 0 Å². The van der Waals surface area contributed by atoms with Gasteiger partial charge in [0.1, 0.15) is 0 Å². The molecule has 80 valence electrons. The summed E-state index contributed by atoms with van der Waals surface area (Å²) in [5.74, 6) is -1.66. The van der Waals surface area contributed by atoms with E-state index in [-0.39, 0.29) is 11.8 Å². The van der Waals surface area contributed by atoms with Gasteiger partial charge in [0.2, 0.25) is 5.91 Å². The van der Waals surface area contributed by atoms with Crippen molar-refractivity contribution in [1.29, 1.82) is 0 Å². The summed E-state index contributed by atoms with van der Waals surface area (Å²) in [4.78, 5) is 24.1. The second-order valence-corrected chi connectivity index (χ2v) is 4.07. The molecule has 0 aromatic carbocycles. The maximum Gasteiger partial charge on any atom is 0.307 e. The fourth-order valence-electron chi connectivity index (χ4n) is 2.05. The monoisotopic (exact) mass is 199 g/mol. The van der Waals surface area contributed by atoms with Gasteiger partial charge in [-0.3, -0.25) is 9.59 Å². The molecular weight excluding hydrogens is 182 g/mol. The maximum absolute atomic E-state index is 11.7. The quantitative estimate of drug-likeness (QED) is 0.720. The molecule has 0 radical (unpaired) electrons. The van der Waals surface area contributed by atoms with Crippen LogP contribution in [0.5, 0.6) is 0 Å². The molecule has 4 heteroatoms. The largest absolute Gasteiger partial charge is 0.481 e. The first-order valence-corrected chi connectivity index (χ1v) is 4.98. The van der Waals surface area contributed by atoms with Crippen LogP contribution >= 0.6 is 0 Å². The lowest BCUT2D eigenvalue weighted by atomic mass is 9.78. The van der Waals surface area contributed by atoms with Crippen molar-refractivity contribution >= 4 is 11.9 Å². The highest BCUT2D eigenvalue weighted by atomic mass is 16.4. The molecule has 2 atom stereocenters. The number of carbonyl (C=O) groups excluding carboxylic acids is 1. The van der Waals surface area contributed by atoms with Crippen LogP contribution in [0.1, 0.15) is 25.7 Å². The van der Waals surface area contributed by atoms with Gasteiger partial charge in [0, 0.05) is 14.1 Å². The third-order valence-corrected chi connectivity index (χ3v) is 2.84. The van der Waals surface area contributed by atoms with Crippen LogP contribution in [0, 0.1) is 11.8 Å². The molecule has 1 N–H and O–H groups in total. The molecule has 1 amide bonds. The lowest BCUT2D eigenvalue weighted by Gasteiger charge is -2.29. The molecule has 0 aromatic rings. The number of aliphatic carboxylic acids is 1. The van der Waals surface area contributed by atoms with Crippen molar-refractivity contribution in [3.63, 3.8) is 0 Å². The molecule has 1 rings (SSSR count). The van der Waals surface area contributed by atoms with Crippen LogP contribution in [-0.2, 0) is 9.59 Å². The molecule has 1 aliphatic rings. The van der Waals surface area contributed by atoms with Gasteiger partial charge in [0.25, 0.3) is 0 Å². The van der Waals surface area contributed by atoms with Gasteiger partial charge < -0.3 is 10.0 Å². The van der Waals surface area contributed by atoms with E-state index in [2.05, 4.69) is 0 Å². The normalized spacial score (nSPS) is 27.0. The van der Waals surface area contributed by atoms with Crippen molar-refractivity contribution in [2.75, 3.05) is 14.1 Å². The van der Waals surface area contributed by atoms with E-state index in [4.69, 9.17) is 5.11 Å². The van der Waals surface area contributed by atoms with Gasteiger partial charge >= 0.3 is 5.97 Å². The zero-order valence-electron chi connectivity index (χ0n) is 8.69. The Morgan fingerprint density at radius 2 is 1.64 bits per heavy atom. The van der Waals surface area contributed by atoms with E-state index in [0.29, 0.717) is 12.8 Å². The van der Waals surface area contributed by atoms with Crippen molar-refractivity contribution in [3.8, 4) is 0 Å². The number of carboxylic acids is 1. The van der Waals surface area contributed by atoms with Crippen LogP contribution in [-0.4, -0.2) is 36.0 Å². The van der Waals surface area contributed by atoms with Crippen LogP contribution in [0.3, 0.4) is 0 Å². The fraction of sp³-hybridized carbons (Fsp3) is 0.800. The molecule has 1 aliphatic carbocycles. The van der Waals surface area contributed by atoms with E-state index >= 15 is 0 Å². The summed E-state index contributed by atoms with van der Waals surface area (Å²) in [6.07, 6.45) is 3.25. The summed E-state index contributed by atoms with van der Waals surface area (Å²) < 4.78 is 0. The highest BCUT2D eigenvalue weighted by Crippen LogP contribution is 2.31. The molecule has 0 unspecified atom stereocenters. The van der Waals surface area contributed by atoms with Crippen molar-refractivity contribution in [2.45, 2.75) is 25.7 Å². The van der Waals surface area contributed by atoms with Crippen LogP contribution in [0.2, 0.25) is 0 Å². The zero-order valence-corrected chi connectivity index (χ0v) is 8.69. The Bertz CT molecular complexity index is 238. The van der Waals surface area contributed by atoms with Gasteiger partial charge in [-0.1, -0.05) is 12.8 Å². The smallest absolute Gasteiger partial charge is 0.307 e. The highest BCUT2D eigenvalue weighted by Gasteiger charge is 2.36. The Hall–Kier alpha value is -1.06. The Balaban J connectivity index is 2.72. The molecule has 0 heterocycles. The molecule has 0 aliphatic heterocycles. The Morgan fingerprint density at radius 1 is 1.14 bits per heavy atom. The van der Waals surface area contributed by atoms with E-state index in [9.17, 15) is 9.59 Å². The summed E-state index contributed by atoms with van der Waals surface area (Å²) in [5, 5.41) is 8.97. The number of rotatable bonds is 2. The van der Waals surface area contributed by atoms with Gasteiger partial charge in [-0.15, -0.1) is 0 Å². The Kier molecular flexibility index (Phi) is 3.49. The number of nitrogens with zero attached hydrogens (tertiary/aromatic N) is 1. The number of amides is 1. The Morgan fingerprint density at radius 3 is 2.07 bits per heavy atom. The fourth-order valence-corrected chi connectivity index (χ4v) is 2.05. The summed E-state index contributed by atoms with van der Waals surface area (Å²) in [6, 6.07) is 0. The predicted molar refractivity (Wildman–Crippen MR) is 51.8 cm³/mol. The molecular formula is C10H17NO3. The lowest BCUT2D eigenvalue weighted by Crippen LogP contribution is -2.39. The van der Waals surface area contributed by atoms with Crippen LogP contribution in [0.15, 0.2) is 0 Å². The molecule has 4 nitrogen and oxygen atoms in total. The Labute approximate surface area is 83.9 Å². The SMILES string of the molecule is CN(C)C(=O)[C@H]1CCCC[C@H]1C(=O)O. The average molecular weight is 199 g/mol. The molecule has 0 bridgehead atoms. The third-order valence-electron chi connectivity index (χ3n) is 2.84. The topological polar surface area (TPSA) is 57.6 Å². The van der Waals surface area contributed by atoms with Gasteiger partial charge in [0.05, 0.1) is 11.8 Å². The van der Waals surface area contributed by atoms with Crippen molar-refractivity contribution < 1.29 is 14.7 Å². The number of hydrogen-bond acceptors (Lipinski definition) is 2. The molecule has 1 saturated carbocycles. The second-order valence-electron chi connectivity index (χ2n) is 4.07. The minimum absolute atomic E-state index is 0.0444. The summed E-state index contributed by atoms with van der Waals surface area (Å²) >= 11 is 0. The summed E-state index contributed by atoms with van der Waals surface area (Å²) in [5.41, 5.74) is 0. The predicted octanol–water partition coefficient (Wildman–Crippen LogP) is 0.966. The van der Waals surface area contributed by atoms with Gasteiger partial charge in [-0.25, -0.2) is 0 Å². The molecule has 0 aromatic heterocycles. The number of carbonyl (C=O) groups is 2. The molecule has 1 fully saturated rings. The van der Waals surface area contributed by atoms with Gasteiger partial charge in [-0.2, -0.15) is 0 Å². The van der Waals surface area contributed by atoms with E-state index < -0.39 is 11.9 Å². The third kappa shape index (κ3) is 2.25. The first kappa shape index (κ1) is 11.0. The number of carboxylic acid groups (broad SMARTS) is 1. The summed E-state index contributed by atoms with van der Waals surface area (Å²) in [7, 11) is 3.35. The van der Waals surface area contributed by atoms with Crippen LogP contribution in [0.25, 0.3) is 0 Å². The second kappa shape index (κ2) is 4.44. The van der Waals surface area contributed by atoms with Crippen molar-refractivity contribution in [3.05, 3.63) is 0 Å². The summed E-state index contributed by atoms with van der Waals surface area (Å²) in [6.45, 7) is 0. The van der Waals surface area contributed by atoms with E-state index in [0.717, 1.165) is 12.8 Å². The van der Waals surface area contributed by atoms with Crippen molar-refractivity contribution in [1.82, 2.24) is 4.90 Å². The molecule has 14 heavy (non-hydrogen) atoms. The highest BCUT2D eigenvalue weighted by molar-refractivity contribution is 5.84. The van der Waals surface area contributed by atoms with Gasteiger partial charge in [0.15, 0.2) is 0 Å². The first-order chi connectivity index (χ1) is 6.54. The maximum atomic E-state index is 11.7. The van der Waals surface area contributed by atoms with E-state index in [1.165, 1.54) is 4.90 Å². The van der Waals surface area contributed by atoms with Crippen LogP contribution in [0.4, 0.5) is 0 Å². The van der Waals surface area contributed by atoms with E-state index in [1.54, 1.807) is 14.1 Å². The zero-order chi connectivity index (χ0) is 10.7. The molecule has 0 spiro atoms. The average Bonchev–Trinajstić information content (AvgIpc) is 2.16.